The molecular formula is C17H15Cl2FN2OS. The average molecular weight is 385 g/mol. The molecule has 3 nitrogen and oxygen atoms in total. The van der Waals surface area contributed by atoms with Gasteiger partial charge in [-0.2, -0.15) is 0 Å². The maximum absolute atomic E-state index is 14.2. The molecule has 1 saturated carbocycles. The zero-order valence-electron chi connectivity index (χ0n) is 12.9. The molecule has 1 N–H and O–H groups in total. The van der Waals surface area contributed by atoms with Crippen LogP contribution in [-0.4, -0.2) is 17.1 Å². The molecule has 0 atom stereocenters. The lowest BCUT2D eigenvalue weighted by Gasteiger charge is -2.10. The summed E-state index contributed by atoms with van der Waals surface area (Å²) in [5.41, 5.74) is 2.30. The summed E-state index contributed by atoms with van der Waals surface area (Å²) >= 11 is 13.6. The SMILES string of the molecule is CSNC(=O)c1cc(Cl)c(Cc2cnc(C3CC3)c(Cl)c2)cc1F. The van der Waals surface area contributed by atoms with Gasteiger partial charge in [-0.3, -0.25) is 14.5 Å². The van der Waals surface area contributed by atoms with E-state index in [0.29, 0.717) is 27.9 Å². The van der Waals surface area contributed by atoms with Gasteiger partial charge in [-0.15, -0.1) is 0 Å². The molecule has 1 aliphatic rings. The van der Waals surface area contributed by atoms with Crippen LogP contribution < -0.4 is 4.72 Å². The quantitative estimate of drug-likeness (QED) is 0.737. The minimum absolute atomic E-state index is 0.0710. The first-order valence-electron chi connectivity index (χ1n) is 7.45. The Labute approximate surface area is 154 Å². The third kappa shape index (κ3) is 3.85. The molecule has 1 heterocycles. The van der Waals surface area contributed by atoms with Gasteiger partial charge in [0.2, 0.25) is 0 Å². The largest absolute Gasteiger partial charge is 0.296 e. The maximum Gasteiger partial charge on any atom is 0.264 e. The van der Waals surface area contributed by atoms with Crippen molar-refractivity contribution in [1.29, 1.82) is 0 Å². The highest BCUT2D eigenvalue weighted by molar-refractivity contribution is 7.97. The number of halogens is 3. The van der Waals surface area contributed by atoms with Crippen molar-refractivity contribution >= 4 is 41.1 Å². The van der Waals surface area contributed by atoms with E-state index >= 15 is 0 Å². The fourth-order valence-corrected chi connectivity index (χ4v) is 3.38. The van der Waals surface area contributed by atoms with Gasteiger partial charge >= 0.3 is 0 Å². The van der Waals surface area contributed by atoms with Gasteiger partial charge in [0.1, 0.15) is 5.82 Å². The van der Waals surface area contributed by atoms with Crippen LogP contribution in [0.25, 0.3) is 0 Å². The van der Waals surface area contributed by atoms with Crippen LogP contribution >= 0.6 is 35.1 Å². The first-order valence-corrected chi connectivity index (χ1v) is 9.43. The van der Waals surface area contributed by atoms with Crippen LogP contribution in [0.1, 0.15) is 45.9 Å². The molecule has 0 saturated heterocycles. The zero-order valence-corrected chi connectivity index (χ0v) is 15.2. The van der Waals surface area contributed by atoms with Gasteiger partial charge in [-0.1, -0.05) is 35.1 Å². The summed E-state index contributed by atoms with van der Waals surface area (Å²) in [6.07, 6.45) is 6.10. The van der Waals surface area contributed by atoms with Gasteiger partial charge in [-0.25, -0.2) is 4.39 Å². The lowest BCUT2D eigenvalue weighted by molar-refractivity contribution is 0.0980. The molecule has 1 aromatic heterocycles. The van der Waals surface area contributed by atoms with Crippen LogP contribution in [0.5, 0.6) is 0 Å². The third-order valence-electron chi connectivity index (χ3n) is 3.86. The van der Waals surface area contributed by atoms with E-state index in [2.05, 4.69) is 9.71 Å². The number of hydrogen-bond acceptors (Lipinski definition) is 3. The normalized spacial score (nSPS) is 13.8. The Morgan fingerprint density at radius 3 is 2.71 bits per heavy atom. The second-order valence-corrected chi connectivity index (χ2v) is 7.15. The molecule has 1 aromatic carbocycles. The molecule has 7 heteroatoms. The molecule has 24 heavy (non-hydrogen) atoms. The summed E-state index contributed by atoms with van der Waals surface area (Å²) in [4.78, 5) is 16.2. The van der Waals surface area contributed by atoms with Gasteiger partial charge in [0.25, 0.3) is 5.91 Å². The molecule has 0 spiro atoms. The van der Waals surface area contributed by atoms with Crippen LogP contribution in [0.2, 0.25) is 10.0 Å². The molecule has 0 bridgehead atoms. The Hall–Kier alpha value is -1.30. The van der Waals surface area contributed by atoms with Crippen LogP contribution in [-0.2, 0) is 6.42 Å². The van der Waals surface area contributed by atoms with E-state index < -0.39 is 11.7 Å². The monoisotopic (exact) mass is 384 g/mol. The van der Waals surface area contributed by atoms with Crippen molar-refractivity contribution in [3.8, 4) is 0 Å². The van der Waals surface area contributed by atoms with E-state index in [4.69, 9.17) is 23.2 Å². The van der Waals surface area contributed by atoms with Crippen molar-refractivity contribution in [2.24, 2.45) is 0 Å². The Morgan fingerprint density at radius 1 is 1.33 bits per heavy atom. The van der Waals surface area contributed by atoms with Crippen molar-refractivity contribution in [1.82, 2.24) is 9.71 Å². The molecule has 1 amide bonds. The van der Waals surface area contributed by atoms with Gasteiger partial charge < -0.3 is 0 Å². The van der Waals surface area contributed by atoms with Crippen LogP contribution in [0, 0.1) is 5.82 Å². The van der Waals surface area contributed by atoms with Crippen molar-refractivity contribution in [3.63, 3.8) is 0 Å². The first-order chi connectivity index (χ1) is 11.5. The Balaban J connectivity index is 1.83. The number of carbonyl (C=O) groups is 1. The number of carbonyl (C=O) groups excluding carboxylic acids is 1. The molecule has 3 rings (SSSR count). The third-order valence-corrected chi connectivity index (χ3v) is 4.90. The van der Waals surface area contributed by atoms with Crippen molar-refractivity contribution in [3.05, 3.63) is 62.6 Å². The number of aromatic nitrogens is 1. The predicted octanol–water partition coefficient (Wildman–Crippen LogP) is 5.00. The van der Waals surface area contributed by atoms with E-state index in [1.165, 1.54) is 12.1 Å². The highest BCUT2D eigenvalue weighted by Crippen LogP contribution is 2.42. The Kier molecular flexibility index (Phi) is 5.33. The fraction of sp³-hybridized carbons (Fsp3) is 0.294. The second-order valence-electron chi connectivity index (χ2n) is 5.72. The molecule has 2 aromatic rings. The lowest BCUT2D eigenvalue weighted by Crippen LogP contribution is -2.17. The number of pyridine rings is 1. The van der Waals surface area contributed by atoms with Crippen molar-refractivity contribution < 1.29 is 9.18 Å². The average Bonchev–Trinajstić information content (AvgIpc) is 3.35. The minimum Gasteiger partial charge on any atom is -0.296 e. The summed E-state index contributed by atoms with van der Waals surface area (Å²) in [7, 11) is 0. The number of rotatable bonds is 5. The summed E-state index contributed by atoms with van der Waals surface area (Å²) in [5.74, 6) is -0.636. The smallest absolute Gasteiger partial charge is 0.264 e. The summed E-state index contributed by atoms with van der Waals surface area (Å²) in [5, 5.41) is 0.979. The topological polar surface area (TPSA) is 42.0 Å². The molecule has 0 unspecified atom stereocenters. The maximum atomic E-state index is 14.2. The number of nitrogens with zero attached hydrogens (tertiary/aromatic N) is 1. The summed E-state index contributed by atoms with van der Waals surface area (Å²) in [6, 6.07) is 4.50. The molecule has 1 aliphatic carbocycles. The number of nitrogens with one attached hydrogen (secondary N) is 1. The van der Waals surface area contributed by atoms with E-state index in [0.717, 1.165) is 36.0 Å². The van der Waals surface area contributed by atoms with Crippen molar-refractivity contribution in [2.75, 3.05) is 6.26 Å². The first kappa shape index (κ1) is 17.5. The van der Waals surface area contributed by atoms with Gasteiger partial charge in [-0.05, 0) is 42.2 Å². The lowest BCUT2D eigenvalue weighted by atomic mass is 10.0. The minimum atomic E-state index is -0.602. The molecular weight excluding hydrogens is 370 g/mol. The van der Waals surface area contributed by atoms with Crippen LogP contribution in [0.3, 0.4) is 0 Å². The summed E-state index contributed by atoms with van der Waals surface area (Å²) < 4.78 is 16.7. The van der Waals surface area contributed by atoms with Crippen LogP contribution in [0.15, 0.2) is 24.4 Å². The highest BCUT2D eigenvalue weighted by atomic mass is 35.5. The van der Waals surface area contributed by atoms with Gasteiger partial charge in [0.15, 0.2) is 0 Å². The molecule has 0 radical (unpaired) electrons. The molecule has 1 fully saturated rings. The standard InChI is InChI=1S/C17H15Cl2FN2OS/c1-24-22-17(23)12-7-13(18)11(6-15(12)20)4-9-5-14(19)16(21-8-9)10-2-3-10/h5-8,10H,2-4H2,1H3,(H,22,23). The zero-order chi connectivity index (χ0) is 17.3. The summed E-state index contributed by atoms with van der Waals surface area (Å²) in [6.45, 7) is 0. The van der Waals surface area contributed by atoms with E-state index in [-0.39, 0.29) is 5.56 Å². The predicted molar refractivity (Wildman–Crippen MR) is 96.4 cm³/mol. The van der Waals surface area contributed by atoms with Gasteiger partial charge in [0.05, 0.1) is 16.3 Å². The number of amides is 1. The van der Waals surface area contributed by atoms with E-state index in [1.54, 1.807) is 12.5 Å². The fourth-order valence-electron chi connectivity index (χ4n) is 2.51. The second kappa shape index (κ2) is 7.30. The molecule has 0 aliphatic heterocycles. The van der Waals surface area contributed by atoms with E-state index in [1.807, 2.05) is 6.07 Å². The highest BCUT2D eigenvalue weighted by Gasteiger charge is 2.27. The van der Waals surface area contributed by atoms with Crippen LogP contribution in [0.4, 0.5) is 4.39 Å². The number of benzene rings is 1. The van der Waals surface area contributed by atoms with E-state index in [9.17, 15) is 9.18 Å². The van der Waals surface area contributed by atoms with Gasteiger partial charge in [0, 0.05) is 29.8 Å². The Bertz CT molecular complexity index is 796. The molecule has 126 valence electrons. The van der Waals surface area contributed by atoms with Crippen molar-refractivity contribution in [2.45, 2.75) is 25.2 Å². The number of hydrogen-bond donors (Lipinski definition) is 1. The Morgan fingerprint density at radius 2 is 2.08 bits per heavy atom.